The molecule has 1 rings (SSSR count). The molecule has 76 valence electrons. The van der Waals surface area contributed by atoms with Crippen LogP contribution in [0.25, 0.3) is 0 Å². The van der Waals surface area contributed by atoms with Gasteiger partial charge in [0.2, 0.25) is 0 Å². The largest absolute Gasteiger partial charge is 0.303 e. The number of hydrogen-bond acceptors (Lipinski definition) is 3. The monoisotopic (exact) mass is 208 g/mol. The minimum Gasteiger partial charge on any atom is -0.303 e. The fourth-order valence-corrected chi connectivity index (χ4v) is 2.03. The molecule has 0 aliphatic heterocycles. The van der Waals surface area contributed by atoms with Gasteiger partial charge in [0.1, 0.15) is 0 Å². The molecule has 1 aromatic rings. The maximum absolute atomic E-state index is 5.35. The van der Waals surface area contributed by atoms with Gasteiger partial charge in [-0.15, -0.1) is 17.8 Å². The van der Waals surface area contributed by atoms with Crippen LogP contribution in [-0.4, -0.2) is 17.6 Å². The average Bonchev–Trinajstić information content (AvgIpc) is 2.59. The van der Waals surface area contributed by atoms with Gasteiger partial charge in [-0.25, -0.2) is 4.98 Å². The van der Waals surface area contributed by atoms with Crippen LogP contribution in [0, 0.1) is 19.3 Å². The average molecular weight is 208 g/mol. The third kappa shape index (κ3) is 3.13. The highest BCUT2D eigenvalue weighted by atomic mass is 32.1. The van der Waals surface area contributed by atoms with Gasteiger partial charge in [-0.05, 0) is 19.8 Å². The zero-order chi connectivity index (χ0) is 10.4. The van der Waals surface area contributed by atoms with Crippen molar-refractivity contribution in [3.8, 4) is 12.3 Å². The Hall–Kier alpha value is -0.850. The molecule has 14 heavy (non-hydrogen) atoms. The second kappa shape index (κ2) is 5.79. The molecule has 1 atom stereocenters. The van der Waals surface area contributed by atoms with Crippen LogP contribution in [0.15, 0.2) is 5.51 Å². The Bertz CT molecular complexity index is 311. The molecule has 0 saturated heterocycles. The van der Waals surface area contributed by atoms with Crippen LogP contribution in [0.1, 0.15) is 23.9 Å². The molecule has 3 heteroatoms. The highest BCUT2D eigenvalue weighted by Gasteiger charge is 2.03. The highest BCUT2D eigenvalue weighted by molar-refractivity contribution is 7.09. The van der Waals surface area contributed by atoms with E-state index in [0.717, 1.165) is 25.1 Å². The zero-order valence-electron chi connectivity index (χ0n) is 8.71. The van der Waals surface area contributed by atoms with Crippen LogP contribution in [0.2, 0.25) is 0 Å². The molecule has 1 heterocycles. The van der Waals surface area contributed by atoms with Gasteiger partial charge >= 0.3 is 0 Å². The number of rotatable bonds is 5. The van der Waals surface area contributed by atoms with Crippen molar-refractivity contribution in [1.29, 1.82) is 0 Å². The van der Waals surface area contributed by atoms with Crippen molar-refractivity contribution in [1.82, 2.24) is 10.3 Å². The second-order valence-electron chi connectivity index (χ2n) is 3.19. The molecule has 0 aliphatic carbocycles. The third-order valence-electron chi connectivity index (χ3n) is 2.20. The summed E-state index contributed by atoms with van der Waals surface area (Å²) in [6.07, 6.45) is 7.36. The van der Waals surface area contributed by atoms with Gasteiger partial charge < -0.3 is 5.32 Å². The van der Waals surface area contributed by atoms with Crippen LogP contribution in [0.4, 0.5) is 0 Å². The molecular weight excluding hydrogens is 192 g/mol. The number of nitrogens with zero attached hydrogens (tertiary/aromatic N) is 1. The number of terminal acetylenes is 1. The molecule has 0 fully saturated rings. The molecule has 0 spiro atoms. The lowest BCUT2D eigenvalue weighted by Crippen LogP contribution is -2.28. The minimum atomic E-state index is 0.211. The summed E-state index contributed by atoms with van der Waals surface area (Å²) in [5.41, 5.74) is 3.04. The molecule has 2 nitrogen and oxygen atoms in total. The molecule has 0 bridgehead atoms. The summed E-state index contributed by atoms with van der Waals surface area (Å²) in [5, 5.41) is 3.33. The van der Waals surface area contributed by atoms with Gasteiger partial charge in [0.15, 0.2) is 0 Å². The van der Waals surface area contributed by atoms with Crippen molar-refractivity contribution >= 4 is 11.3 Å². The number of nitrogens with one attached hydrogen (secondary N) is 1. The van der Waals surface area contributed by atoms with Gasteiger partial charge in [-0.1, -0.05) is 12.8 Å². The quantitative estimate of drug-likeness (QED) is 0.749. The van der Waals surface area contributed by atoms with Crippen molar-refractivity contribution in [3.63, 3.8) is 0 Å². The zero-order valence-corrected chi connectivity index (χ0v) is 9.53. The first-order valence-corrected chi connectivity index (χ1v) is 5.74. The number of thiazole rings is 1. The van der Waals surface area contributed by atoms with E-state index in [1.807, 2.05) is 12.4 Å². The molecule has 0 radical (unpaired) electrons. The normalized spacial score (nSPS) is 12.4. The van der Waals surface area contributed by atoms with Crippen LogP contribution in [0.3, 0.4) is 0 Å². The van der Waals surface area contributed by atoms with Crippen LogP contribution in [-0.2, 0) is 6.42 Å². The lowest BCUT2D eigenvalue weighted by molar-refractivity contribution is 0.595. The SMILES string of the molecule is C#CC(CC)NCCc1scnc1C. The smallest absolute Gasteiger partial charge is 0.0797 e. The van der Waals surface area contributed by atoms with Crippen molar-refractivity contribution < 1.29 is 0 Å². The van der Waals surface area contributed by atoms with Gasteiger partial charge in [0.25, 0.3) is 0 Å². The van der Waals surface area contributed by atoms with Gasteiger partial charge in [0, 0.05) is 11.4 Å². The maximum atomic E-state index is 5.35. The van der Waals surface area contributed by atoms with E-state index in [-0.39, 0.29) is 6.04 Å². The van der Waals surface area contributed by atoms with Crippen LogP contribution >= 0.6 is 11.3 Å². The van der Waals surface area contributed by atoms with Gasteiger partial charge in [0.05, 0.1) is 17.2 Å². The highest BCUT2D eigenvalue weighted by Crippen LogP contribution is 2.11. The summed E-state index contributed by atoms with van der Waals surface area (Å²) in [6, 6.07) is 0.211. The molecule has 0 amide bonds. The second-order valence-corrected chi connectivity index (χ2v) is 4.13. The maximum Gasteiger partial charge on any atom is 0.0797 e. The predicted octanol–water partition coefficient (Wildman–Crippen LogP) is 2.00. The summed E-state index contributed by atoms with van der Waals surface area (Å²) in [4.78, 5) is 5.56. The minimum absolute atomic E-state index is 0.211. The van der Waals surface area contributed by atoms with Gasteiger partial charge in [-0.2, -0.15) is 0 Å². The third-order valence-corrected chi connectivity index (χ3v) is 3.19. The standard InChI is InChI=1S/C11H16N2S/c1-4-10(5-2)12-7-6-11-9(3)13-8-14-11/h1,8,10,12H,5-7H2,2-3H3. The molecule has 0 aliphatic rings. The lowest BCUT2D eigenvalue weighted by Gasteiger charge is -2.09. The number of hydrogen-bond donors (Lipinski definition) is 1. The Kier molecular flexibility index (Phi) is 4.64. The fourth-order valence-electron chi connectivity index (χ4n) is 1.25. The summed E-state index contributed by atoms with van der Waals surface area (Å²) in [6.45, 7) is 5.07. The summed E-state index contributed by atoms with van der Waals surface area (Å²) < 4.78 is 0. The van der Waals surface area contributed by atoms with Crippen molar-refractivity contribution in [3.05, 3.63) is 16.1 Å². The Labute approximate surface area is 89.8 Å². The number of aryl methyl sites for hydroxylation is 1. The molecule has 0 aromatic carbocycles. The molecule has 0 saturated carbocycles. The summed E-state index contributed by atoms with van der Waals surface area (Å²) in [5.74, 6) is 2.72. The van der Waals surface area contributed by atoms with Crippen molar-refractivity contribution in [2.45, 2.75) is 32.7 Å². The van der Waals surface area contributed by atoms with E-state index in [0.29, 0.717) is 0 Å². The van der Waals surface area contributed by atoms with E-state index >= 15 is 0 Å². The summed E-state index contributed by atoms with van der Waals surface area (Å²) in [7, 11) is 0. The van der Waals surface area contributed by atoms with E-state index in [9.17, 15) is 0 Å². The summed E-state index contributed by atoms with van der Waals surface area (Å²) >= 11 is 1.71. The van der Waals surface area contributed by atoms with E-state index in [4.69, 9.17) is 6.42 Å². The fraction of sp³-hybridized carbons (Fsp3) is 0.545. The Balaban J connectivity index is 2.29. The van der Waals surface area contributed by atoms with Gasteiger partial charge in [-0.3, -0.25) is 0 Å². The Morgan fingerprint density at radius 1 is 1.71 bits per heavy atom. The van der Waals surface area contributed by atoms with Crippen LogP contribution in [0.5, 0.6) is 0 Å². The topological polar surface area (TPSA) is 24.9 Å². The lowest BCUT2D eigenvalue weighted by atomic mass is 10.2. The first kappa shape index (κ1) is 11.2. The predicted molar refractivity (Wildman–Crippen MR) is 61.5 cm³/mol. The molecule has 1 unspecified atom stereocenters. The Morgan fingerprint density at radius 3 is 3.00 bits per heavy atom. The number of aromatic nitrogens is 1. The first-order valence-electron chi connectivity index (χ1n) is 4.86. The van der Waals surface area contributed by atoms with E-state index in [1.54, 1.807) is 11.3 Å². The first-order chi connectivity index (χ1) is 6.77. The molecular formula is C11H16N2S. The van der Waals surface area contributed by atoms with E-state index < -0.39 is 0 Å². The van der Waals surface area contributed by atoms with E-state index in [1.165, 1.54) is 4.88 Å². The Morgan fingerprint density at radius 2 is 2.50 bits per heavy atom. The van der Waals surface area contributed by atoms with Crippen LogP contribution < -0.4 is 5.32 Å². The van der Waals surface area contributed by atoms with Crippen molar-refractivity contribution in [2.75, 3.05) is 6.54 Å². The van der Waals surface area contributed by atoms with Crippen molar-refractivity contribution in [2.24, 2.45) is 0 Å². The molecule has 1 aromatic heterocycles. The van der Waals surface area contributed by atoms with E-state index in [2.05, 4.69) is 23.1 Å². The molecule has 1 N–H and O–H groups in total.